The van der Waals surface area contributed by atoms with E-state index < -0.39 is 17.2 Å². The van der Waals surface area contributed by atoms with E-state index in [4.69, 9.17) is 5.73 Å². The van der Waals surface area contributed by atoms with Crippen LogP contribution in [0.2, 0.25) is 0 Å². The molecule has 1 heterocycles. The predicted octanol–water partition coefficient (Wildman–Crippen LogP) is 2.72. The maximum atomic E-state index is 12.0. The molecule has 0 aliphatic carbocycles. The Labute approximate surface area is 212 Å². The molecule has 0 radical (unpaired) electrons. The third-order valence-electron chi connectivity index (χ3n) is 4.97. The summed E-state index contributed by atoms with van der Waals surface area (Å²) >= 11 is 3.41. The first-order valence-corrected chi connectivity index (χ1v) is 11.8. The number of nitrogens with two attached hydrogens (primary N) is 1. The van der Waals surface area contributed by atoms with Crippen molar-refractivity contribution in [3.05, 3.63) is 34.9 Å². The number of amides is 3. The first-order chi connectivity index (χ1) is 16.5. The lowest BCUT2D eigenvalue weighted by molar-refractivity contribution is -0.139. The number of benzene rings is 1. The van der Waals surface area contributed by atoms with Crippen molar-refractivity contribution in [2.45, 2.75) is 40.0 Å². The molecule has 2 rings (SSSR count). The van der Waals surface area contributed by atoms with Gasteiger partial charge in [0.2, 0.25) is 23.7 Å². The van der Waals surface area contributed by atoms with Crippen molar-refractivity contribution in [1.82, 2.24) is 15.3 Å². The van der Waals surface area contributed by atoms with Crippen molar-refractivity contribution in [2.24, 2.45) is 11.1 Å². The van der Waals surface area contributed by atoms with Crippen molar-refractivity contribution in [3.8, 4) is 0 Å². The van der Waals surface area contributed by atoms with Crippen molar-refractivity contribution >= 4 is 62.6 Å². The summed E-state index contributed by atoms with van der Waals surface area (Å²) in [4.78, 5) is 55.1. The van der Waals surface area contributed by atoms with Crippen LogP contribution in [0.5, 0.6) is 0 Å². The van der Waals surface area contributed by atoms with E-state index >= 15 is 0 Å². The van der Waals surface area contributed by atoms with Gasteiger partial charge in [-0.1, -0.05) is 6.07 Å². The second-order valence-corrected chi connectivity index (χ2v) is 9.23. The average Bonchev–Trinajstić information content (AvgIpc) is 2.79. The largest absolute Gasteiger partial charge is 0.369 e. The highest BCUT2D eigenvalue weighted by molar-refractivity contribution is 9.10. The fourth-order valence-corrected chi connectivity index (χ4v) is 3.03. The monoisotopic (exact) mass is 547 g/mol. The lowest BCUT2D eigenvalue weighted by Gasteiger charge is -2.19. The Kier molecular flexibility index (Phi) is 10.1. The van der Waals surface area contributed by atoms with Crippen LogP contribution in [0, 0.1) is 5.41 Å². The van der Waals surface area contributed by atoms with Crippen LogP contribution in [0.15, 0.2) is 34.9 Å². The summed E-state index contributed by atoms with van der Waals surface area (Å²) in [5, 5.41) is 11.7. The van der Waals surface area contributed by atoms with Gasteiger partial charge in [0.1, 0.15) is 17.0 Å². The van der Waals surface area contributed by atoms with Gasteiger partial charge < -0.3 is 31.8 Å². The van der Waals surface area contributed by atoms with Gasteiger partial charge in [-0.3, -0.25) is 14.4 Å². The normalized spacial score (nSPS) is 10.9. The number of ketones is 1. The molecule has 35 heavy (non-hydrogen) atoms. The van der Waals surface area contributed by atoms with Crippen LogP contribution in [0.4, 0.5) is 23.1 Å². The molecule has 188 valence electrons. The minimum Gasteiger partial charge on any atom is -0.369 e. The first kappa shape index (κ1) is 27.7. The molecule has 2 aromatic rings. The Morgan fingerprint density at radius 2 is 1.80 bits per heavy atom. The Morgan fingerprint density at radius 3 is 2.49 bits per heavy atom. The number of anilines is 4. The summed E-state index contributed by atoms with van der Waals surface area (Å²) in [6.45, 7) is 5.28. The van der Waals surface area contributed by atoms with Gasteiger partial charge in [0.15, 0.2) is 0 Å². The molecule has 3 amide bonds. The number of nitrogens with zero attached hydrogens (tertiary/aromatic N) is 2. The lowest BCUT2D eigenvalue weighted by atomic mass is 9.91. The average molecular weight is 548 g/mol. The smallest absolute Gasteiger partial charge is 0.235 e. The van der Waals surface area contributed by atoms with Gasteiger partial charge in [0, 0.05) is 43.5 Å². The van der Waals surface area contributed by atoms with E-state index in [1.807, 2.05) is 0 Å². The Bertz CT molecular complexity index is 1090. The summed E-state index contributed by atoms with van der Waals surface area (Å²) in [6.07, 6.45) is 2.52. The molecule has 1 aromatic heterocycles. The molecule has 0 aliphatic heterocycles. The van der Waals surface area contributed by atoms with Crippen LogP contribution < -0.4 is 27.0 Å². The summed E-state index contributed by atoms with van der Waals surface area (Å²) < 4.78 is 0.661. The minimum absolute atomic E-state index is 0.0378. The molecule has 0 aliphatic rings. The number of Topliss-reactive ketones (excluding diaryl/α,β-unsaturated/α-hetero) is 1. The van der Waals surface area contributed by atoms with Gasteiger partial charge in [-0.15, -0.1) is 0 Å². The third-order valence-corrected chi connectivity index (χ3v) is 5.55. The van der Waals surface area contributed by atoms with Crippen LogP contribution in [0.25, 0.3) is 0 Å². The van der Waals surface area contributed by atoms with E-state index in [-0.39, 0.29) is 24.5 Å². The maximum Gasteiger partial charge on any atom is 0.235 e. The van der Waals surface area contributed by atoms with E-state index in [2.05, 4.69) is 47.2 Å². The van der Waals surface area contributed by atoms with Gasteiger partial charge in [0.25, 0.3) is 0 Å². The van der Waals surface area contributed by atoms with E-state index in [0.717, 1.165) is 0 Å². The van der Waals surface area contributed by atoms with E-state index in [1.165, 1.54) is 20.8 Å². The van der Waals surface area contributed by atoms with E-state index in [9.17, 15) is 19.2 Å². The zero-order valence-corrected chi connectivity index (χ0v) is 21.5. The number of hydrogen-bond donors (Lipinski definition) is 5. The Balaban J connectivity index is 1.90. The molecule has 0 atom stereocenters. The summed E-state index contributed by atoms with van der Waals surface area (Å²) in [7, 11) is 0. The van der Waals surface area contributed by atoms with Crippen LogP contribution in [-0.4, -0.2) is 46.6 Å². The van der Waals surface area contributed by atoms with Crippen LogP contribution >= 0.6 is 15.9 Å². The lowest BCUT2D eigenvalue weighted by Crippen LogP contribution is -2.46. The van der Waals surface area contributed by atoms with Gasteiger partial charge >= 0.3 is 0 Å². The summed E-state index contributed by atoms with van der Waals surface area (Å²) in [6, 6.07) is 7.06. The number of halogens is 1. The Hall–Kier alpha value is -3.54. The highest BCUT2D eigenvalue weighted by atomic mass is 79.9. The molecule has 0 bridgehead atoms. The van der Waals surface area contributed by atoms with Gasteiger partial charge in [-0.05, 0) is 61.3 Å². The number of carbonyl (C=O) groups excluding carboxylic acids is 4. The number of rotatable bonds is 13. The number of primary amides is 1. The highest BCUT2D eigenvalue weighted by Gasteiger charge is 2.33. The second-order valence-electron chi connectivity index (χ2n) is 8.37. The molecule has 0 unspecified atom stereocenters. The third kappa shape index (κ3) is 8.96. The molecule has 0 spiro atoms. The first-order valence-electron chi connectivity index (χ1n) is 11.0. The minimum atomic E-state index is -1.27. The number of nitrogens with one attached hydrogen (secondary N) is 4. The zero-order valence-electron chi connectivity index (χ0n) is 19.9. The van der Waals surface area contributed by atoms with Crippen molar-refractivity contribution in [2.75, 3.05) is 29.0 Å². The molecule has 0 saturated carbocycles. The molecule has 0 fully saturated rings. The van der Waals surface area contributed by atoms with Crippen molar-refractivity contribution < 1.29 is 19.2 Å². The molecule has 1 aromatic carbocycles. The van der Waals surface area contributed by atoms with Crippen LogP contribution in [0.3, 0.4) is 0 Å². The SMILES string of the molecule is CC(=O)CCC(=O)Nc1cccc(Nc2ncc(Br)c(NCCCNC(=O)C(C)(C)C(N)=O)n2)c1. The van der Waals surface area contributed by atoms with Crippen molar-refractivity contribution in [1.29, 1.82) is 0 Å². The molecule has 12 heteroatoms. The van der Waals surface area contributed by atoms with E-state index in [1.54, 1.807) is 30.5 Å². The number of hydrogen-bond acceptors (Lipinski definition) is 8. The van der Waals surface area contributed by atoms with E-state index in [0.29, 0.717) is 47.1 Å². The standard InChI is InChI=1S/C23H30BrN7O4/c1-14(32)8-9-18(33)29-15-6-4-7-16(12-15)30-22-28-13-17(24)19(31-22)26-10-5-11-27-21(35)23(2,3)20(25)34/h4,6-7,12-13H,5,8-11H2,1-3H3,(H2,25,34)(H,27,35)(H,29,33)(H2,26,28,30,31). The predicted molar refractivity (Wildman–Crippen MR) is 137 cm³/mol. The summed E-state index contributed by atoms with van der Waals surface area (Å²) in [5.74, 6) is -0.481. The van der Waals surface area contributed by atoms with Gasteiger partial charge in [-0.25, -0.2) is 4.98 Å². The quantitative estimate of drug-likeness (QED) is 0.188. The second kappa shape index (κ2) is 12.8. The number of aromatic nitrogens is 2. The summed E-state index contributed by atoms with van der Waals surface area (Å²) in [5.41, 5.74) is 5.24. The molecular formula is C23H30BrN7O4. The zero-order chi connectivity index (χ0) is 26.0. The molecular weight excluding hydrogens is 518 g/mol. The Morgan fingerprint density at radius 1 is 1.09 bits per heavy atom. The fraction of sp³-hybridized carbons (Fsp3) is 0.391. The highest BCUT2D eigenvalue weighted by Crippen LogP contribution is 2.23. The topological polar surface area (TPSA) is 168 Å². The number of carbonyl (C=O) groups is 4. The molecule has 11 nitrogen and oxygen atoms in total. The van der Waals surface area contributed by atoms with Crippen LogP contribution in [-0.2, 0) is 19.2 Å². The maximum absolute atomic E-state index is 12.0. The van der Waals surface area contributed by atoms with Gasteiger partial charge in [0.05, 0.1) is 4.47 Å². The van der Waals surface area contributed by atoms with Gasteiger partial charge in [-0.2, -0.15) is 4.98 Å². The van der Waals surface area contributed by atoms with Crippen LogP contribution in [0.1, 0.15) is 40.0 Å². The molecule has 0 saturated heterocycles. The van der Waals surface area contributed by atoms with Crippen molar-refractivity contribution in [3.63, 3.8) is 0 Å². The fourth-order valence-electron chi connectivity index (χ4n) is 2.70. The molecule has 6 N–H and O–H groups in total.